The third-order valence-corrected chi connectivity index (χ3v) is 3.77. The summed E-state index contributed by atoms with van der Waals surface area (Å²) in [4.78, 5) is 23.4. The first-order chi connectivity index (χ1) is 9.18. The Morgan fingerprint density at radius 1 is 1.20 bits per heavy atom. The van der Waals surface area contributed by atoms with Gasteiger partial charge in [0, 0.05) is 16.6 Å². The van der Waals surface area contributed by atoms with Crippen LogP contribution in [-0.2, 0) is 24.2 Å². The summed E-state index contributed by atoms with van der Waals surface area (Å²) >= 11 is 0. The van der Waals surface area contributed by atoms with Crippen LogP contribution < -0.4 is 40.1 Å². The molecule has 3 rings (SSSR count). The molecule has 0 aliphatic heterocycles. The van der Waals surface area contributed by atoms with Crippen molar-refractivity contribution in [2.45, 2.75) is 32.2 Å². The largest absolute Gasteiger partial charge is 1.00 e. The summed E-state index contributed by atoms with van der Waals surface area (Å²) in [6.07, 6.45) is 3.50. The first-order valence-corrected chi connectivity index (χ1v) is 6.51. The van der Waals surface area contributed by atoms with Gasteiger partial charge >= 0.3 is 29.6 Å². The van der Waals surface area contributed by atoms with Crippen molar-refractivity contribution >= 4 is 16.9 Å². The van der Waals surface area contributed by atoms with Crippen molar-refractivity contribution in [3.05, 3.63) is 45.7 Å². The number of carboxylic acids is 1. The fourth-order valence-electron chi connectivity index (χ4n) is 2.95. The normalized spacial score (nSPS) is 13.6. The van der Waals surface area contributed by atoms with Crippen molar-refractivity contribution in [1.82, 2.24) is 4.57 Å². The number of fused-ring (bicyclic) bond motifs is 2. The predicted octanol–water partition coefficient (Wildman–Crippen LogP) is -2.37. The van der Waals surface area contributed by atoms with Crippen LogP contribution in [0.4, 0.5) is 0 Å². The van der Waals surface area contributed by atoms with Crippen molar-refractivity contribution in [2.24, 2.45) is 0 Å². The Hall–Kier alpha value is -1.10. The summed E-state index contributed by atoms with van der Waals surface area (Å²) in [5.41, 5.74) is 2.41. The number of rotatable bonds is 2. The number of para-hydroxylation sites is 1. The van der Waals surface area contributed by atoms with E-state index in [9.17, 15) is 14.7 Å². The second-order valence-corrected chi connectivity index (χ2v) is 4.94. The number of aliphatic carboxylic acids is 1. The third-order valence-electron chi connectivity index (χ3n) is 3.77. The fraction of sp³-hybridized carbons (Fsp3) is 0.333. The zero-order valence-corrected chi connectivity index (χ0v) is 13.5. The van der Waals surface area contributed by atoms with E-state index >= 15 is 0 Å². The molecule has 0 amide bonds. The van der Waals surface area contributed by atoms with Crippen LogP contribution in [0.2, 0.25) is 0 Å². The molecule has 0 atom stereocenters. The quantitative estimate of drug-likeness (QED) is 0.578. The van der Waals surface area contributed by atoms with Gasteiger partial charge in [-0.15, -0.1) is 0 Å². The summed E-state index contributed by atoms with van der Waals surface area (Å²) in [5, 5.41) is 11.6. The van der Waals surface area contributed by atoms with Gasteiger partial charge in [-0.25, -0.2) is 0 Å². The van der Waals surface area contributed by atoms with Gasteiger partial charge in [-0.05, 0) is 37.8 Å². The van der Waals surface area contributed by atoms with E-state index in [1.165, 1.54) is 0 Å². The van der Waals surface area contributed by atoms with E-state index in [2.05, 4.69) is 0 Å². The molecule has 2 aromatic rings. The second kappa shape index (κ2) is 6.12. The molecule has 0 saturated heterocycles. The molecular weight excluding hydrogens is 265 g/mol. The molecule has 0 spiro atoms. The number of carbonyl (C=O) groups is 1. The zero-order valence-electron chi connectivity index (χ0n) is 11.5. The smallest absolute Gasteiger partial charge is 0.548 e. The number of aromatic nitrogens is 1. The van der Waals surface area contributed by atoms with Crippen LogP contribution in [-0.4, -0.2) is 10.5 Å². The number of nitrogens with zero attached hydrogens (tertiary/aromatic N) is 1. The van der Waals surface area contributed by atoms with E-state index in [4.69, 9.17) is 0 Å². The topological polar surface area (TPSA) is 62.1 Å². The molecule has 0 unspecified atom stereocenters. The van der Waals surface area contributed by atoms with E-state index in [1.54, 1.807) is 16.7 Å². The average molecular weight is 279 g/mol. The minimum absolute atomic E-state index is 0. The monoisotopic (exact) mass is 279 g/mol. The molecule has 1 heterocycles. The molecule has 0 bridgehead atoms. The maximum absolute atomic E-state index is 12.4. The molecular formula is C15H14NNaO3. The molecule has 0 N–H and O–H groups in total. The molecule has 4 nitrogen and oxygen atoms in total. The number of hydrogen-bond donors (Lipinski definition) is 0. The van der Waals surface area contributed by atoms with Crippen LogP contribution in [0.25, 0.3) is 10.9 Å². The summed E-state index contributed by atoms with van der Waals surface area (Å²) in [5.74, 6) is -1.12. The predicted molar refractivity (Wildman–Crippen MR) is 69.9 cm³/mol. The molecule has 0 saturated carbocycles. The summed E-state index contributed by atoms with van der Waals surface area (Å²) in [7, 11) is 0. The Morgan fingerprint density at radius 3 is 2.65 bits per heavy atom. The van der Waals surface area contributed by atoms with Gasteiger partial charge in [0.25, 0.3) is 0 Å². The van der Waals surface area contributed by atoms with Gasteiger partial charge in [0.1, 0.15) is 0 Å². The molecule has 1 aliphatic carbocycles. The van der Waals surface area contributed by atoms with E-state index in [-0.39, 0.29) is 41.5 Å². The molecule has 1 aromatic carbocycles. The first kappa shape index (κ1) is 15.3. The van der Waals surface area contributed by atoms with Crippen molar-refractivity contribution < 1.29 is 39.5 Å². The Kier molecular flexibility index (Phi) is 4.68. The molecule has 1 aromatic heterocycles. The van der Waals surface area contributed by atoms with Gasteiger partial charge in [-0.3, -0.25) is 4.79 Å². The van der Waals surface area contributed by atoms with Crippen molar-refractivity contribution in [3.63, 3.8) is 0 Å². The Balaban J connectivity index is 0.00000147. The number of hydrogen-bond acceptors (Lipinski definition) is 3. The minimum Gasteiger partial charge on any atom is -0.548 e. The van der Waals surface area contributed by atoms with Crippen molar-refractivity contribution in [1.29, 1.82) is 0 Å². The van der Waals surface area contributed by atoms with E-state index in [0.717, 1.165) is 36.9 Å². The Morgan fingerprint density at radius 2 is 1.90 bits per heavy atom. The fourth-order valence-corrected chi connectivity index (χ4v) is 2.95. The number of carbonyl (C=O) groups excluding carboxylic acids is 1. The maximum Gasteiger partial charge on any atom is 1.00 e. The number of benzene rings is 1. The van der Waals surface area contributed by atoms with Crippen LogP contribution in [0, 0.1) is 0 Å². The molecule has 98 valence electrons. The zero-order chi connectivity index (χ0) is 13.4. The summed E-state index contributed by atoms with van der Waals surface area (Å²) in [6.45, 7) is -0.191. The van der Waals surface area contributed by atoms with Crippen LogP contribution >= 0.6 is 0 Å². The van der Waals surface area contributed by atoms with Crippen LogP contribution in [0.1, 0.15) is 24.1 Å². The number of carboxylic acid groups (broad SMARTS) is 1. The van der Waals surface area contributed by atoms with Gasteiger partial charge in [-0.1, -0.05) is 12.1 Å². The van der Waals surface area contributed by atoms with E-state index in [1.807, 2.05) is 12.1 Å². The van der Waals surface area contributed by atoms with Gasteiger partial charge in [0.05, 0.1) is 18.0 Å². The molecule has 1 aliphatic rings. The Bertz CT molecular complexity index is 721. The van der Waals surface area contributed by atoms with Gasteiger partial charge < -0.3 is 14.5 Å². The van der Waals surface area contributed by atoms with Gasteiger partial charge in [0.2, 0.25) is 0 Å². The molecule has 0 radical (unpaired) electrons. The Labute approximate surface area is 138 Å². The SMILES string of the molecule is O=C([O-])Cn1c2c(c(=O)c3ccccc31)CCCC2.[Na+]. The molecule has 0 fully saturated rings. The number of pyridine rings is 1. The van der Waals surface area contributed by atoms with Crippen molar-refractivity contribution in [2.75, 3.05) is 0 Å². The van der Waals surface area contributed by atoms with Crippen LogP contribution in [0.15, 0.2) is 29.1 Å². The average Bonchev–Trinajstić information content (AvgIpc) is 2.43. The van der Waals surface area contributed by atoms with Crippen LogP contribution in [0.3, 0.4) is 0 Å². The van der Waals surface area contributed by atoms with Gasteiger partial charge in [-0.2, -0.15) is 0 Å². The summed E-state index contributed by atoms with van der Waals surface area (Å²) < 4.78 is 1.74. The minimum atomic E-state index is -1.12. The third kappa shape index (κ3) is 2.55. The second-order valence-electron chi connectivity index (χ2n) is 4.94. The van der Waals surface area contributed by atoms with E-state index in [0.29, 0.717) is 10.9 Å². The van der Waals surface area contributed by atoms with Crippen LogP contribution in [0.5, 0.6) is 0 Å². The molecule has 5 heteroatoms. The van der Waals surface area contributed by atoms with Gasteiger partial charge in [0.15, 0.2) is 5.43 Å². The maximum atomic E-state index is 12.4. The molecule has 20 heavy (non-hydrogen) atoms. The van der Waals surface area contributed by atoms with Crippen molar-refractivity contribution in [3.8, 4) is 0 Å². The van der Waals surface area contributed by atoms with E-state index < -0.39 is 5.97 Å². The summed E-state index contributed by atoms with van der Waals surface area (Å²) in [6, 6.07) is 7.19. The standard InChI is InChI=1S/C15H15NO3.Na/c17-14(18)9-16-12-7-3-1-5-10(12)15(19)11-6-2-4-8-13(11)16;/h1,3,5,7H,2,4,6,8-9H2,(H,17,18);/q;+1/p-1. The first-order valence-electron chi connectivity index (χ1n) is 6.51.